The highest BCUT2D eigenvalue weighted by Crippen LogP contribution is 2.23. The highest BCUT2D eigenvalue weighted by Gasteiger charge is 2.05. The van der Waals surface area contributed by atoms with E-state index in [2.05, 4.69) is 9.97 Å². The van der Waals surface area contributed by atoms with E-state index in [-0.39, 0.29) is 5.17 Å². The van der Waals surface area contributed by atoms with Crippen LogP contribution in [0.1, 0.15) is 5.69 Å². The molecule has 0 aliphatic heterocycles. The lowest BCUT2D eigenvalue weighted by molar-refractivity contribution is 1.21. The summed E-state index contributed by atoms with van der Waals surface area (Å²) in [6.45, 7) is 0. The Balaban J connectivity index is 2.11. The van der Waals surface area contributed by atoms with Crippen LogP contribution in [0.3, 0.4) is 0 Å². The molecule has 6 heteroatoms. The Bertz CT molecular complexity index is 481. The van der Waals surface area contributed by atoms with Crippen molar-refractivity contribution in [1.82, 2.24) is 9.97 Å². The minimum absolute atomic E-state index is 0.118. The lowest BCUT2D eigenvalue weighted by Gasteiger charge is -1.94. The minimum atomic E-state index is 0.118. The van der Waals surface area contributed by atoms with Crippen LogP contribution in [0.15, 0.2) is 29.8 Å². The fraction of sp³-hybridized carbons (Fsp3) is 0.100. The van der Waals surface area contributed by atoms with E-state index in [1.165, 1.54) is 11.8 Å². The van der Waals surface area contributed by atoms with Gasteiger partial charge in [-0.2, -0.15) is 0 Å². The number of hydrogen-bond donors (Lipinski definition) is 2. The predicted octanol–water partition coefficient (Wildman–Crippen LogP) is 2.33. The highest BCUT2D eigenvalue weighted by molar-refractivity contribution is 8.13. The first-order valence-electron chi connectivity index (χ1n) is 4.58. The van der Waals surface area contributed by atoms with Crippen LogP contribution < -0.4 is 5.73 Å². The second-order valence-corrected chi connectivity index (χ2v) is 4.89. The first kappa shape index (κ1) is 11.1. The van der Waals surface area contributed by atoms with Crippen LogP contribution in [0, 0.1) is 5.41 Å². The maximum Gasteiger partial charge on any atom is 0.151 e. The molecular weight excluding hydrogens is 240 g/mol. The third kappa shape index (κ3) is 2.80. The van der Waals surface area contributed by atoms with Gasteiger partial charge in [0.05, 0.1) is 11.4 Å². The summed E-state index contributed by atoms with van der Waals surface area (Å²) in [6, 6.07) is 5.75. The first-order valence-corrected chi connectivity index (χ1v) is 6.45. The summed E-state index contributed by atoms with van der Waals surface area (Å²) < 4.78 is 0. The van der Waals surface area contributed by atoms with Gasteiger partial charge in [-0.3, -0.25) is 10.4 Å². The summed E-state index contributed by atoms with van der Waals surface area (Å²) in [4.78, 5) is 8.67. The Morgan fingerprint density at radius 3 is 3.06 bits per heavy atom. The average molecular weight is 250 g/mol. The minimum Gasteiger partial charge on any atom is -0.379 e. The Morgan fingerprint density at radius 2 is 2.38 bits per heavy atom. The van der Waals surface area contributed by atoms with Crippen LogP contribution in [0.5, 0.6) is 0 Å². The summed E-state index contributed by atoms with van der Waals surface area (Å²) >= 11 is 2.83. The van der Waals surface area contributed by atoms with Gasteiger partial charge in [-0.05, 0) is 12.1 Å². The van der Waals surface area contributed by atoms with Gasteiger partial charge in [0.2, 0.25) is 0 Å². The Hall–Kier alpha value is -1.40. The lowest BCUT2D eigenvalue weighted by atomic mass is 10.4. The molecule has 4 nitrogen and oxygen atoms in total. The Kier molecular flexibility index (Phi) is 3.53. The van der Waals surface area contributed by atoms with Crippen LogP contribution in [0.2, 0.25) is 0 Å². The third-order valence-corrected chi connectivity index (χ3v) is 3.48. The Labute approximate surface area is 101 Å². The molecule has 16 heavy (non-hydrogen) atoms. The van der Waals surface area contributed by atoms with Gasteiger partial charge in [-0.15, -0.1) is 11.3 Å². The molecule has 0 aliphatic rings. The van der Waals surface area contributed by atoms with E-state index in [0.717, 1.165) is 16.4 Å². The quantitative estimate of drug-likeness (QED) is 0.647. The molecule has 82 valence electrons. The Morgan fingerprint density at radius 1 is 1.50 bits per heavy atom. The number of hydrogen-bond acceptors (Lipinski definition) is 5. The van der Waals surface area contributed by atoms with Gasteiger partial charge in [-0.25, -0.2) is 4.98 Å². The van der Waals surface area contributed by atoms with E-state index in [9.17, 15) is 0 Å². The van der Waals surface area contributed by atoms with Gasteiger partial charge < -0.3 is 5.73 Å². The van der Waals surface area contributed by atoms with E-state index < -0.39 is 0 Å². The molecule has 2 heterocycles. The topological polar surface area (TPSA) is 75.7 Å². The fourth-order valence-corrected chi connectivity index (χ4v) is 2.48. The molecule has 0 amide bonds. The van der Waals surface area contributed by atoms with Crippen LogP contribution in [-0.4, -0.2) is 15.1 Å². The lowest BCUT2D eigenvalue weighted by Crippen LogP contribution is -2.03. The summed E-state index contributed by atoms with van der Waals surface area (Å²) in [7, 11) is 0. The zero-order chi connectivity index (χ0) is 11.4. The molecule has 2 aromatic rings. The molecule has 0 aromatic carbocycles. The van der Waals surface area contributed by atoms with Crippen molar-refractivity contribution >= 4 is 28.3 Å². The van der Waals surface area contributed by atoms with Gasteiger partial charge in [0.15, 0.2) is 5.17 Å². The first-order chi connectivity index (χ1) is 7.75. The van der Waals surface area contributed by atoms with Crippen LogP contribution >= 0.6 is 23.1 Å². The summed E-state index contributed by atoms with van der Waals surface area (Å²) in [5.41, 5.74) is 7.08. The van der Waals surface area contributed by atoms with E-state index in [4.69, 9.17) is 11.1 Å². The number of nitrogens with two attached hydrogens (primary N) is 1. The zero-order valence-corrected chi connectivity index (χ0v) is 10.0. The van der Waals surface area contributed by atoms with Gasteiger partial charge >= 0.3 is 0 Å². The molecule has 0 fully saturated rings. The fourth-order valence-electron chi connectivity index (χ4n) is 1.13. The van der Waals surface area contributed by atoms with Gasteiger partial charge in [0.1, 0.15) is 5.01 Å². The predicted molar refractivity (Wildman–Crippen MR) is 68.6 cm³/mol. The molecule has 2 rings (SSSR count). The summed E-state index contributed by atoms with van der Waals surface area (Å²) in [5, 5.41) is 10.1. The molecule has 2 aromatic heterocycles. The van der Waals surface area contributed by atoms with Crippen molar-refractivity contribution in [2.75, 3.05) is 0 Å². The second kappa shape index (κ2) is 5.09. The maximum atomic E-state index is 7.12. The van der Waals surface area contributed by atoms with Crippen molar-refractivity contribution < 1.29 is 0 Å². The number of nitrogens with zero attached hydrogens (tertiary/aromatic N) is 2. The molecule has 0 aliphatic carbocycles. The average Bonchev–Trinajstić information content (AvgIpc) is 2.76. The highest BCUT2D eigenvalue weighted by atomic mass is 32.2. The number of amidine groups is 1. The van der Waals surface area contributed by atoms with Crippen molar-refractivity contribution in [3.8, 4) is 10.7 Å². The molecule has 0 saturated carbocycles. The standard InChI is InChI=1S/C10H10N4S2/c11-10(12)16-6-7-5-15-9(14-7)8-3-1-2-4-13-8/h1-5H,6H2,(H3,11,12). The van der Waals surface area contributed by atoms with Crippen molar-refractivity contribution in [2.24, 2.45) is 5.73 Å². The smallest absolute Gasteiger partial charge is 0.151 e. The molecule has 0 spiro atoms. The van der Waals surface area contributed by atoms with E-state index >= 15 is 0 Å². The van der Waals surface area contributed by atoms with Crippen molar-refractivity contribution in [2.45, 2.75) is 5.75 Å². The molecule has 0 saturated heterocycles. The summed E-state index contributed by atoms with van der Waals surface area (Å²) in [6.07, 6.45) is 1.75. The van der Waals surface area contributed by atoms with E-state index in [0.29, 0.717) is 5.75 Å². The number of thioether (sulfide) groups is 1. The van der Waals surface area contributed by atoms with E-state index in [1.54, 1.807) is 17.5 Å². The van der Waals surface area contributed by atoms with Crippen LogP contribution in [-0.2, 0) is 5.75 Å². The SMILES string of the molecule is N=C(N)SCc1csc(-c2ccccn2)n1. The molecule has 0 unspecified atom stereocenters. The maximum absolute atomic E-state index is 7.12. The van der Waals surface area contributed by atoms with Gasteiger partial charge in [0, 0.05) is 17.3 Å². The van der Waals surface area contributed by atoms with Crippen LogP contribution in [0.4, 0.5) is 0 Å². The van der Waals surface area contributed by atoms with Gasteiger partial charge in [0.25, 0.3) is 0 Å². The monoisotopic (exact) mass is 250 g/mol. The molecular formula is C10H10N4S2. The summed E-state index contributed by atoms with van der Waals surface area (Å²) in [5.74, 6) is 0.638. The molecule has 3 N–H and O–H groups in total. The van der Waals surface area contributed by atoms with Crippen molar-refractivity contribution in [1.29, 1.82) is 5.41 Å². The van der Waals surface area contributed by atoms with Gasteiger partial charge in [-0.1, -0.05) is 17.8 Å². The molecule has 0 radical (unpaired) electrons. The number of rotatable bonds is 3. The number of nitrogens with one attached hydrogen (secondary N) is 1. The zero-order valence-electron chi connectivity index (χ0n) is 8.38. The molecule has 0 atom stereocenters. The van der Waals surface area contributed by atoms with Crippen LogP contribution in [0.25, 0.3) is 10.7 Å². The third-order valence-electron chi connectivity index (χ3n) is 1.81. The van der Waals surface area contributed by atoms with E-state index in [1.807, 2.05) is 23.6 Å². The molecule has 0 bridgehead atoms. The largest absolute Gasteiger partial charge is 0.379 e. The number of pyridine rings is 1. The number of thiazole rings is 1. The second-order valence-electron chi connectivity index (χ2n) is 3.01. The van der Waals surface area contributed by atoms with Crippen molar-refractivity contribution in [3.05, 3.63) is 35.5 Å². The normalized spacial score (nSPS) is 10.2. The number of aromatic nitrogens is 2. The van der Waals surface area contributed by atoms with Crippen molar-refractivity contribution in [3.63, 3.8) is 0 Å².